The van der Waals surface area contributed by atoms with Gasteiger partial charge in [-0.05, 0) is 49.9 Å². The average Bonchev–Trinajstić information content (AvgIpc) is 3.37. The fraction of sp³-hybridized carbons (Fsp3) is 0.320. The Morgan fingerprint density at radius 1 is 1.22 bits per heavy atom. The molecule has 1 N–H and O–H groups in total. The van der Waals surface area contributed by atoms with Crippen LogP contribution in [0.2, 0.25) is 5.15 Å². The third-order valence-electron chi connectivity index (χ3n) is 6.93. The monoisotopic (exact) mass is 507 g/mol. The fourth-order valence-corrected chi connectivity index (χ4v) is 5.57. The van der Waals surface area contributed by atoms with Crippen molar-refractivity contribution in [3.63, 3.8) is 0 Å². The van der Waals surface area contributed by atoms with Crippen molar-refractivity contribution in [3.8, 4) is 11.3 Å². The second-order valence-corrected chi connectivity index (χ2v) is 9.49. The van der Waals surface area contributed by atoms with Crippen molar-refractivity contribution in [3.05, 3.63) is 69.4 Å². The van der Waals surface area contributed by atoms with Crippen molar-refractivity contribution in [1.82, 2.24) is 34.5 Å². The van der Waals surface area contributed by atoms with Crippen molar-refractivity contribution in [1.29, 1.82) is 0 Å². The Morgan fingerprint density at radius 3 is 2.75 bits per heavy atom. The van der Waals surface area contributed by atoms with Crippen LogP contribution >= 0.6 is 11.6 Å². The molecule has 9 nitrogen and oxygen atoms in total. The summed E-state index contributed by atoms with van der Waals surface area (Å²) in [6.07, 6.45) is 4.73. The van der Waals surface area contributed by atoms with Crippen LogP contribution in [0, 0.1) is 18.7 Å². The minimum atomic E-state index is -0.504. The van der Waals surface area contributed by atoms with E-state index in [4.69, 9.17) is 21.3 Å². The zero-order valence-electron chi connectivity index (χ0n) is 19.7. The summed E-state index contributed by atoms with van der Waals surface area (Å²) in [5.41, 5.74) is 4.05. The van der Waals surface area contributed by atoms with E-state index in [1.165, 1.54) is 6.07 Å². The molecule has 36 heavy (non-hydrogen) atoms. The van der Waals surface area contributed by atoms with Crippen LogP contribution in [0.4, 0.5) is 4.39 Å². The van der Waals surface area contributed by atoms with Gasteiger partial charge in [-0.3, -0.25) is 14.8 Å². The lowest BCUT2D eigenvalue weighted by atomic mass is 9.88. The first-order chi connectivity index (χ1) is 17.4. The van der Waals surface area contributed by atoms with Gasteiger partial charge in [0.05, 0.1) is 39.5 Å². The number of rotatable bonds is 4. The summed E-state index contributed by atoms with van der Waals surface area (Å²) in [6, 6.07) is 6.14. The molecule has 0 aromatic carbocycles. The molecular formula is C25H23ClFN7O2. The van der Waals surface area contributed by atoms with Crippen LogP contribution in [-0.2, 0) is 11.8 Å². The number of hydrogen-bond donors (Lipinski definition) is 1. The molecule has 6 heterocycles. The molecule has 1 aliphatic heterocycles. The SMILES string of the molecule is Cc1nnn(C)c1-c1cnc2c3c(=O)[nH]c(Cl)cc3n(C(c3ncccc3F)C3CCOCC3)c2c1. The van der Waals surface area contributed by atoms with E-state index in [-0.39, 0.29) is 16.6 Å². The number of aryl methyl sites for hydroxylation is 2. The maximum atomic E-state index is 15.3. The van der Waals surface area contributed by atoms with Gasteiger partial charge >= 0.3 is 0 Å². The van der Waals surface area contributed by atoms with Gasteiger partial charge in [-0.2, -0.15) is 0 Å². The van der Waals surface area contributed by atoms with Gasteiger partial charge in [0.2, 0.25) is 0 Å². The first-order valence-electron chi connectivity index (χ1n) is 11.7. The first-order valence-corrected chi connectivity index (χ1v) is 12.1. The zero-order chi connectivity index (χ0) is 25.0. The maximum absolute atomic E-state index is 15.3. The predicted octanol–water partition coefficient (Wildman–Crippen LogP) is 4.19. The Hall–Kier alpha value is -3.63. The van der Waals surface area contributed by atoms with Gasteiger partial charge in [-0.1, -0.05) is 16.8 Å². The Balaban J connectivity index is 1.73. The molecule has 5 aromatic rings. The minimum absolute atomic E-state index is 0.0174. The molecule has 6 rings (SSSR count). The standard InChI is InChI=1S/C25H23ClFN7O2/c1-13-23(33(2)32-31-13)15-10-18-22(29-12-15)20-17(11-19(26)30-25(20)35)34(18)24(14-5-8-36-9-6-14)21-16(27)4-3-7-28-21/h3-4,7,10-12,14,24H,5-6,8-9H2,1-2H3,(H,30,35). The highest BCUT2D eigenvalue weighted by Crippen LogP contribution is 2.40. The minimum Gasteiger partial charge on any atom is -0.381 e. The van der Waals surface area contributed by atoms with E-state index in [0.717, 1.165) is 29.8 Å². The molecule has 0 aliphatic carbocycles. The third-order valence-corrected chi connectivity index (χ3v) is 7.13. The highest BCUT2D eigenvalue weighted by molar-refractivity contribution is 6.30. The van der Waals surface area contributed by atoms with Gasteiger partial charge in [0.1, 0.15) is 16.5 Å². The smallest absolute Gasteiger partial charge is 0.260 e. The molecule has 1 atom stereocenters. The Labute approximate surface area is 209 Å². The van der Waals surface area contributed by atoms with Crippen molar-refractivity contribution in [2.45, 2.75) is 25.8 Å². The number of aromatic amines is 1. The summed E-state index contributed by atoms with van der Waals surface area (Å²) in [6.45, 7) is 3.01. The highest BCUT2D eigenvalue weighted by Gasteiger charge is 2.33. The number of H-pyrrole nitrogens is 1. The second kappa shape index (κ2) is 8.79. The highest BCUT2D eigenvalue weighted by atomic mass is 35.5. The van der Waals surface area contributed by atoms with Crippen LogP contribution < -0.4 is 5.56 Å². The van der Waals surface area contributed by atoms with Crippen LogP contribution in [0.3, 0.4) is 0 Å². The van der Waals surface area contributed by atoms with E-state index in [0.29, 0.717) is 40.8 Å². The second-order valence-electron chi connectivity index (χ2n) is 9.08. The quantitative estimate of drug-likeness (QED) is 0.366. The summed E-state index contributed by atoms with van der Waals surface area (Å²) in [5, 5.41) is 8.87. The van der Waals surface area contributed by atoms with Crippen LogP contribution in [0.15, 0.2) is 41.5 Å². The first kappa shape index (κ1) is 22.8. The maximum Gasteiger partial charge on any atom is 0.260 e. The summed E-state index contributed by atoms with van der Waals surface area (Å²) in [7, 11) is 1.81. The third kappa shape index (κ3) is 3.59. The molecule has 1 fully saturated rings. The van der Waals surface area contributed by atoms with E-state index >= 15 is 4.39 Å². The lowest BCUT2D eigenvalue weighted by Crippen LogP contribution is -2.28. The normalized spacial score (nSPS) is 15.7. The fourth-order valence-electron chi connectivity index (χ4n) is 5.38. The Morgan fingerprint density at radius 2 is 2.03 bits per heavy atom. The average molecular weight is 508 g/mol. The summed E-state index contributed by atoms with van der Waals surface area (Å²) in [5.74, 6) is -0.389. The van der Waals surface area contributed by atoms with Crippen molar-refractivity contribution >= 4 is 33.5 Å². The molecule has 184 valence electrons. The molecule has 1 saturated heterocycles. The molecular weight excluding hydrogens is 485 g/mol. The lowest BCUT2D eigenvalue weighted by Gasteiger charge is -2.32. The van der Waals surface area contributed by atoms with E-state index in [1.807, 2.05) is 24.6 Å². The lowest BCUT2D eigenvalue weighted by molar-refractivity contribution is 0.0543. The van der Waals surface area contributed by atoms with Crippen LogP contribution in [0.1, 0.15) is 30.3 Å². The van der Waals surface area contributed by atoms with Crippen molar-refractivity contribution in [2.75, 3.05) is 13.2 Å². The van der Waals surface area contributed by atoms with Crippen LogP contribution in [-0.4, -0.2) is 47.7 Å². The Kier molecular flexibility index (Phi) is 5.57. The van der Waals surface area contributed by atoms with E-state index in [2.05, 4.69) is 20.3 Å². The van der Waals surface area contributed by atoms with Crippen LogP contribution in [0.25, 0.3) is 33.2 Å². The predicted molar refractivity (Wildman–Crippen MR) is 133 cm³/mol. The van der Waals surface area contributed by atoms with Gasteiger partial charge < -0.3 is 14.3 Å². The summed E-state index contributed by atoms with van der Waals surface area (Å²) in [4.78, 5) is 25.0. The number of fused-ring (bicyclic) bond motifs is 3. The van der Waals surface area contributed by atoms with Gasteiger partial charge in [-0.25, -0.2) is 9.07 Å². The molecule has 0 amide bonds. The molecule has 1 aliphatic rings. The number of ether oxygens (including phenoxy) is 1. The number of hydrogen-bond acceptors (Lipinski definition) is 6. The van der Waals surface area contributed by atoms with Crippen molar-refractivity contribution in [2.24, 2.45) is 13.0 Å². The summed E-state index contributed by atoms with van der Waals surface area (Å²) >= 11 is 6.33. The number of nitrogens with one attached hydrogen (secondary N) is 1. The molecule has 5 aromatic heterocycles. The molecule has 1 unspecified atom stereocenters. The van der Waals surface area contributed by atoms with Gasteiger partial charge in [0, 0.05) is 38.2 Å². The van der Waals surface area contributed by atoms with E-state index in [9.17, 15) is 4.79 Å². The van der Waals surface area contributed by atoms with Gasteiger partial charge in [-0.15, -0.1) is 5.10 Å². The molecule has 0 saturated carbocycles. The number of nitrogens with zero attached hydrogens (tertiary/aromatic N) is 6. The molecule has 0 bridgehead atoms. The number of pyridine rings is 3. The largest absolute Gasteiger partial charge is 0.381 e. The van der Waals surface area contributed by atoms with Gasteiger partial charge in [0.25, 0.3) is 5.56 Å². The molecule has 11 heteroatoms. The van der Waals surface area contributed by atoms with Crippen molar-refractivity contribution < 1.29 is 9.13 Å². The van der Waals surface area contributed by atoms with E-state index < -0.39 is 11.9 Å². The molecule has 0 spiro atoms. The Bertz CT molecular complexity index is 1650. The van der Waals surface area contributed by atoms with Gasteiger partial charge in [0.15, 0.2) is 0 Å². The molecule has 0 radical (unpaired) electrons. The zero-order valence-corrected chi connectivity index (χ0v) is 20.5. The summed E-state index contributed by atoms with van der Waals surface area (Å²) < 4.78 is 24.6. The number of halogens is 2. The van der Waals surface area contributed by atoms with Crippen LogP contribution in [0.5, 0.6) is 0 Å². The topological polar surface area (TPSA) is 104 Å². The number of aromatic nitrogens is 7. The van der Waals surface area contributed by atoms with E-state index in [1.54, 1.807) is 29.2 Å².